The maximum Gasteiger partial charge on any atom is 0.238 e. The van der Waals surface area contributed by atoms with Gasteiger partial charge in [-0.3, -0.25) is 9.59 Å². The van der Waals surface area contributed by atoms with Crippen LogP contribution in [0.2, 0.25) is 0 Å². The molecule has 0 fully saturated rings. The van der Waals surface area contributed by atoms with Gasteiger partial charge in [0.2, 0.25) is 11.8 Å². The Labute approximate surface area is 137 Å². The molecular formula is C17H15FN2O2S. The summed E-state index contributed by atoms with van der Waals surface area (Å²) < 4.78 is 12.8. The highest BCUT2D eigenvalue weighted by molar-refractivity contribution is 8.01. The highest BCUT2D eigenvalue weighted by Gasteiger charge is 2.28. The number of amides is 2. The van der Waals surface area contributed by atoms with Crippen LogP contribution in [0.3, 0.4) is 0 Å². The van der Waals surface area contributed by atoms with Gasteiger partial charge in [0.1, 0.15) is 5.82 Å². The number of hydrogen-bond acceptors (Lipinski definition) is 3. The maximum absolute atomic E-state index is 12.8. The Morgan fingerprint density at radius 3 is 2.70 bits per heavy atom. The smallest absolute Gasteiger partial charge is 0.238 e. The summed E-state index contributed by atoms with van der Waals surface area (Å²) in [7, 11) is 0. The van der Waals surface area contributed by atoms with Crippen LogP contribution >= 0.6 is 11.8 Å². The second kappa shape index (κ2) is 6.83. The van der Waals surface area contributed by atoms with E-state index in [2.05, 4.69) is 10.6 Å². The molecule has 0 aromatic heterocycles. The standard InChI is InChI=1S/C17H15FN2O2S/c18-12-7-5-11(6-8-12)10-19-16(21)9-15-17(22)20-13-3-1-2-4-14(13)23-15/h1-8,15H,9-10H2,(H,19,21)(H,20,22). The van der Waals surface area contributed by atoms with Crippen molar-refractivity contribution in [2.45, 2.75) is 23.1 Å². The summed E-state index contributed by atoms with van der Waals surface area (Å²) in [5.74, 6) is -0.680. The Hall–Kier alpha value is -2.34. The van der Waals surface area contributed by atoms with Crippen molar-refractivity contribution in [1.29, 1.82) is 0 Å². The van der Waals surface area contributed by atoms with E-state index in [1.165, 1.54) is 23.9 Å². The molecule has 1 unspecified atom stereocenters. The van der Waals surface area contributed by atoms with Gasteiger partial charge in [0, 0.05) is 17.9 Å². The first-order valence-corrected chi connectivity index (χ1v) is 8.07. The van der Waals surface area contributed by atoms with Crippen LogP contribution in [0, 0.1) is 5.82 Å². The van der Waals surface area contributed by atoms with Gasteiger partial charge in [0.25, 0.3) is 0 Å². The Balaban J connectivity index is 1.56. The number of anilines is 1. The summed E-state index contributed by atoms with van der Waals surface area (Å²) in [6.07, 6.45) is 0.103. The molecule has 0 spiro atoms. The molecule has 0 saturated carbocycles. The van der Waals surface area contributed by atoms with E-state index < -0.39 is 5.25 Å². The van der Waals surface area contributed by atoms with Crippen molar-refractivity contribution in [2.24, 2.45) is 0 Å². The molecule has 4 nitrogen and oxygen atoms in total. The van der Waals surface area contributed by atoms with Crippen LogP contribution in [0.15, 0.2) is 53.4 Å². The van der Waals surface area contributed by atoms with Crippen LogP contribution in [0.5, 0.6) is 0 Å². The number of carbonyl (C=O) groups is 2. The molecule has 1 aliphatic rings. The lowest BCUT2D eigenvalue weighted by atomic mass is 10.2. The maximum atomic E-state index is 12.8. The molecule has 0 saturated heterocycles. The normalized spacial score (nSPS) is 16.4. The van der Waals surface area contributed by atoms with Crippen LogP contribution < -0.4 is 10.6 Å². The van der Waals surface area contributed by atoms with E-state index in [-0.39, 0.29) is 24.1 Å². The topological polar surface area (TPSA) is 58.2 Å². The summed E-state index contributed by atoms with van der Waals surface area (Å²) in [5, 5.41) is 5.12. The zero-order valence-corrected chi connectivity index (χ0v) is 13.0. The molecule has 1 aliphatic heterocycles. The molecule has 2 N–H and O–H groups in total. The zero-order valence-electron chi connectivity index (χ0n) is 12.2. The van der Waals surface area contributed by atoms with Crippen LogP contribution in [0.1, 0.15) is 12.0 Å². The summed E-state index contributed by atoms with van der Waals surface area (Å²) in [6, 6.07) is 13.5. The molecule has 23 heavy (non-hydrogen) atoms. The molecule has 0 aliphatic carbocycles. The fraction of sp³-hybridized carbons (Fsp3) is 0.176. The summed E-state index contributed by atoms with van der Waals surface area (Å²) in [4.78, 5) is 25.0. The molecule has 2 amide bonds. The van der Waals surface area contributed by atoms with Crippen molar-refractivity contribution in [3.8, 4) is 0 Å². The third kappa shape index (κ3) is 3.90. The number of carbonyl (C=O) groups excluding carboxylic acids is 2. The number of benzene rings is 2. The largest absolute Gasteiger partial charge is 0.352 e. The molecule has 1 heterocycles. The molecular weight excluding hydrogens is 315 g/mol. The fourth-order valence-electron chi connectivity index (χ4n) is 2.27. The first-order valence-electron chi connectivity index (χ1n) is 7.19. The number of halogens is 1. The number of para-hydroxylation sites is 1. The first-order chi connectivity index (χ1) is 11.1. The third-order valence-electron chi connectivity index (χ3n) is 3.48. The van der Waals surface area contributed by atoms with Crippen molar-refractivity contribution >= 4 is 29.3 Å². The van der Waals surface area contributed by atoms with Crippen LogP contribution in [0.4, 0.5) is 10.1 Å². The highest BCUT2D eigenvalue weighted by Crippen LogP contribution is 2.36. The average molecular weight is 330 g/mol. The van der Waals surface area contributed by atoms with Gasteiger partial charge in [-0.1, -0.05) is 24.3 Å². The van der Waals surface area contributed by atoms with E-state index in [1.54, 1.807) is 12.1 Å². The van der Waals surface area contributed by atoms with Gasteiger partial charge in [-0.05, 0) is 29.8 Å². The van der Waals surface area contributed by atoms with Gasteiger partial charge >= 0.3 is 0 Å². The summed E-state index contributed by atoms with van der Waals surface area (Å²) >= 11 is 1.39. The van der Waals surface area contributed by atoms with E-state index in [9.17, 15) is 14.0 Å². The Bertz CT molecular complexity index is 734. The minimum atomic E-state index is -0.446. The van der Waals surface area contributed by atoms with Crippen LogP contribution in [-0.2, 0) is 16.1 Å². The Morgan fingerprint density at radius 2 is 1.91 bits per heavy atom. The van der Waals surface area contributed by atoms with Gasteiger partial charge in [0.05, 0.1) is 10.9 Å². The number of rotatable bonds is 4. The van der Waals surface area contributed by atoms with E-state index in [0.717, 1.165) is 16.1 Å². The summed E-state index contributed by atoms with van der Waals surface area (Å²) in [5.41, 5.74) is 1.59. The minimum Gasteiger partial charge on any atom is -0.352 e. The molecule has 6 heteroatoms. The van der Waals surface area contributed by atoms with Crippen molar-refractivity contribution < 1.29 is 14.0 Å². The van der Waals surface area contributed by atoms with Crippen LogP contribution in [-0.4, -0.2) is 17.1 Å². The van der Waals surface area contributed by atoms with Gasteiger partial charge in [0.15, 0.2) is 0 Å². The average Bonchev–Trinajstić information content (AvgIpc) is 2.55. The molecule has 118 valence electrons. The number of fused-ring (bicyclic) bond motifs is 1. The van der Waals surface area contributed by atoms with E-state index in [4.69, 9.17) is 0 Å². The molecule has 0 radical (unpaired) electrons. The van der Waals surface area contributed by atoms with Gasteiger partial charge in [-0.15, -0.1) is 11.8 Å². The lowest BCUT2D eigenvalue weighted by molar-refractivity contribution is -0.124. The molecule has 2 aromatic rings. The van der Waals surface area contributed by atoms with Crippen molar-refractivity contribution in [3.05, 3.63) is 59.9 Å². The number of thioether (sulfide) groups is 1. The number of nitrogens with one attached hydrogen (secondary N) is 2. The SMILES string of the molecule is O=C(CC1Sc2ccccc2NC1=O)NCc1ccc(F)cc1. The van der Waals surface area contributed by atoms with E-state index in [0.29, 0.717) is 6.54 Å². The minimum absolute atomic E-state index is 0.103. The lowest BCUT2D eigenvalue weighted by Crippen LogP contribution is -2.34. The monoisotopic (exact) mass is 330 g/mol. The lowest BCUT2D eigenvalue weighted by Gasteiger charge is -2.23. The summed E-state index contributed by atoms with van der Waals surface area (Å²) in [6.45, 7) is 0.314. The highest BCUT2D eigenvalue weighted by atomic mass is 32.2. The van der Waals surface area contributed by atoms with Gasteiger partial charge < -0.3 is 10.6 Å². The predicted molar refractivity (Wildman–Crippen MR) is 87.6 cm³/mol. The Kier molecular flexibility index (Phi) is 4.62. The quantitative estimate of drug-likeness (QED) is 0.906. The molecule has 1 atom stereocenters. The second-order valence-corrected chi connectivity index (χ2v) is 6.44. The van der Waals surface area contributed by atoms with Crippen LogP contribution in [0.25, 0.3) is 0 Å². The van der Waals surface area contributed by atoms with Gasteiger partial charge in [-0.25, -0.2) is 4.39 Å². The number of hydrogen-bond donors (Lipinski definition) is 2. The second-order valence-electron chi connectivity index (χ2n) is 5.20. The van der Waals surface area contributed by atoms with E-state index >= 15 is 0 Å². The van der Waals surface area contributed by atoms with E-state index in [1.807, 2.05) is 24.3 Å². The first kappa shape index (κ1) is 15.6. The van der Waals surface area contributed by atoms with Gasteiger partial charge in [-0.2, -0.15) is 0 Å². The predicted octanol–water partition coefficient (Wildman–Crippen LogP) is 2.95. The molecule has 0 bridgehead atoms. The van der Waals surface area contributed by atoms with Crippen molar-refractivity contribution in [2.75, 3.05) is 5.32 Å². The van der Waals surface area contributed by atoms with Crippen molar-refractivity contribution in [1.82, 2.24) is 5.32 Å². The third-order valence-corrected chi connectivity index (χ3v) is 4.76. The Morgan fingerprint density at radius 1 is 1.17 bits per heavy atom. The molecule has 3 rings (SSSR count). The zero-order chi connectivity index (χ0) is 16.2. The fourth-order valence-corrected chi connectivity index (χ4v) is 3.38. The molecule has 2 aromatic carbocycles. The van der Waals surface area contributed by atoms with Crippen molar-refractivity contribution in [3.63, 3.8) is 0 Å².